The highest BCUT2D eigenvalue weighted by atomic mass is 16.8. The monoisotopic (exact) mass is 336 g/mol. The SMILES string of the molecule is COC(OC)C1O[C@H]2CB(O)O[C@@H](CCc3ccccc3)[C@@]2(C)O1. The fourth-order valence-electron chi connectivity index (χ4n) is 3.52. The van der Waals surface area contributed by atoms with Crippen LogP contribution in [0.4, 0.5) is 0 Å². The van der Waals surface area contributed by atoms with Crippen LogP contribution < -0.4 is 0 Å². The van der Waals surface area contributed by atoms with Crippen LogP contribution in [-0.2, 0) is 30.0 Å². The molecular weight excluding hydrogens is 311 g/mol. The van der Waals surface area contributed by atoms with Crippen LogP contribution in [0.2, 0.25) is 6.32 Å². The molecule has 1 N–H and O–H groups in total. The van der Waals surface area contributed by atoms with Crippen molar-refractivity contribution in [1.82, 2.24) is 0 Å². The van der Waals surface area contributed by atoms with E-state index in [1.165, 1.54) is 5.56 Å². The molecule has 4 atom stereocenters. The Labute approximate surface area is 143 Å². The molecule has 2 aliphatic heterocycles. The third-order valence-electron chi connectivity index (χ3n) is 4.91. The van der Waals surface area contributed by atoms with Crippen LogP contribution in [0, 0.1) is 0 Å². The number of hydrogen-bond acceptors (Lipinski definition) is 6. The molecule has 6 nitrogen and oxygen atoms in total. The van der Waals surface area contributed by atoms with E-state index in [1.54, 1.807) is 14.2 Å². The van der Waals surface area contributed by atoms with Crippen LogP contribution in [0.3, 0.4) is 0 Å². The molecule has 1 unspecified atom stereocenters. The Morgan fingerprint density at radius 3 is 2.67 bits per heavy atom. The highest BCUT2D eigenvalue weighted by Crippen LogP contribution is 2.42. The molecule has 7 heteroatoms. The molecule has 2 saturated heterocycles. The maximum absolute atomic E-state index is 10.1. The molecule has 0 aromatic heterocycles. The molecule has 1 aromatic rings. The van der Waals surface area contributed by atoms with E-state index in [0.29, 0.717) is 6.32 Å². The second kappa shape index (κ2) is 7.51. The number of methoxy groups -OCH3 is 2. The zero-order valence-electron chi connectivity index (χ0n) is 14.4. The summed E-state index contributed by atoms with van der Waals surface area (Å²) in [6.07, 6.45) is 0.157. The van der Waals surface area contributed by atoms with Crippen LogP contribution in [0.25, 0.3) is 0 Å². The van der Waals surface area contributed by atoms with Gasteiger partial charge in [0.15, 0.2) is 0 Å². The van der Waals surface area contributed by atoms with Crippen LogP contribution in [0.1, 0.15) is 18.9 Å². The number of fused-ring (bicyclic) bond motifs is 1. The Kier molecular flexibility index (Phi) is 5.59. The van der Waals surface area contributed by atoms with Gasteiger partial charge >= 0.3 is 7.12 Å². The molecule has 2 fully saturated rings. The second-order valence-electron chi connectivity index (χ2n) is 6.47. The van der Waals surface area contributed by atoms with Crippen LogP contribution in [0.15, 0.2) is 30.3 Å². The summed E-state index contributed by atoms with van der Waals surface area (Å²) in [7, 11) is 2.24. The highest BCUT2D eigenvalue weighted by molar-refractivity contribution is 6.43. The van der Waals surface area contributed by atoms with Gasteiger partial charge in [-0.15, -0.1) is 0 Å². The number of benzene rings is 1. The Morgan fingerprint density at radius 2 is 2.00 bits per heavy atom. The van der Waals surface area contributed by atoms with Crippen LogP contribution in [0.5, 0.6) is 0 Å². The third-order valence-corrected chi connectivity index (χ3v) is 4.91. The van der Waals surface area contributed by atoms with Crippen molar-refractivity contribution in [3.05, 3.63) is 35.9 Å². The van der Waals surface area contributed by atoms with Crippen LogP contribution in [-0.4, -0.2) is 56.8 Å². The van der Waals surface area contributed by atoms with E-state index >= 15 is 0 Å². The number of rotatable bonds is 6. The molecule has 3 rings (SSSR count). The minimum atomic E-state index is -0.852. The quantitative estimate of drug-likeness (QED) is 0.629. The van der Waals surface area contributed by atoms with Crippen molar-refractivity contribution < 1.29 is 28.6 Å². The average molecular weight is 336 g/mol. The van der Waals surface area contributed by atoms with Gasteiger partial charge in [-0.2, -0.15) is 0 Å². The first-order valence-electron chi connectivity index (χ1n) is 8.33. The van der Waals surface area contributed by atoms with Gasteiger partial charge in [-0.05, 0) is 25.3 Å². The number of ether oxygens (including phenoxy) is 4. The minimum Gasteiger partial charge on any atom is -0.427 e. The zero-order chi connectivity index (χ0) is 17.2. The molecule has 1 aromatic carbocycles. The van der Waals surface area contributed by atoms with Crippen molar-refractivity contribution in [2.45, 2.75) is 56.5 Å². The van der Waals surface area contributed by atoms with E-state index in [9.17, 15) is 5.02 Å². The molecule has 24 heavy (non-hydrogen) atoms. The molecule has 0 amide bonds. The van der Waals surface area contributed by atoms with E-state index in [1.807, 2.05) is 25.1 Å². The third kappa shape index (κ3) is 3.52. The Bertz CT molecular complexity index is 525. The van der Waals surface area contributed by atoms with Gasteiger partial charge in [-0.25, -0.2) is 0 Å². The summed E-state index contributed by atoms with van der Waals surface area (Å²) in [6.45, 7) is 1.97. The van der Waals surface area contributed by atoms with E-state index in [2.05, 4.69) is 12.1 Å². The number of hydrogen-bond donors (Lipinski definition) is 1. The predicted octanol–water partition coefficient (Wildman–Crippen LogP) is 1.62. The molecule has 0 radical (unpaired) electrons. The topological polar surface area (TPSA) is 66.4 Å². The lowest BCUT2D eigenvalue weighted by molar-refractivity contribution is -0.248. The van der Waals surface area contributed by atoms with Gasteiger partial charge in [0.05, 0.1) is 12.2 Å². The van der Waals surface area contributed by atoms with Gasteiger partial charge in [0.1, 0.15) is 5.60 Å². The Hall–Kier alpha value is -0.955. The van der Waals surface area contributed by atoms with E-state index in [4.69, 9.17) is 23.6 Å². The first-order chi connectivity index (χ1) is 11.6. The van der Waals surface area contributed by atoms with Gasteiger partial charge in [-0.3, -0.25) is 0 Å². The van der Waals surface area contributed by atoms with Gasteiger partial charge in [-0.1, -0.05) is 30.3 Å². The number of aryl methyl sites for hydroxylation is 1. The lowest BCUT2D eigenvalue weighted by atomic mass is 9.70. The molecule has 2 heterocycles. The van der Waals surface area contributed by atoms with Crippen molar-refractivity contribution >= 4 is 7.12 Å². The molecule has 0 saturated carbocycles. The average Bonchev–Trinajstić information content (AvgIpc) is 2.92. The summed E-state index contributed by atoms with van der Waals surface area (Å²) >= 11 is 0. The van der Waals surface area contributed by atoms with Crippen molar-refractivity contribution in [2.75, 3.05) is 14.2 Å². The minimum absolute atomic E-state index is 0.264. The fourth-order valence-corrected chi connectivity index (χ4v) is 3.52. The smallest absolute Gasteiger partial charge is 0.427 e. The normalized spacial score (nSPS) is 33.0. The fraction of sp³-hybridized carbons (Fsp3) is 0.647. The first kappa shape index (κ1) is 17.9. The van der Waals surface area contributed by atoms with Gasteiger partial charge in [0.2, 0.25) is 12.6 Å². The van der Waals surface area contributed by atoms with E-state index in [-0.39, 0.29) is 12.2 Å². The first-order valence-corrected chi connectivity index (χ1v) is 8.33. The summed E-state index contributed by atoms with van der Waals surface area (Å²) in [5.41, 5.74) is 0.581. The molecule has 0 bridgehead atoms. The van der Waals surface area contributed by atoms with E-state index < -0.39 is 25.3 Å². The maximum atomic E-state index is 10.1. The Morgan fingerprint density at radius 1 is 1.29 bits per heavy atom. The molecular formula is C17H25BO6. The summed E-state index contributed by atoms with van der Waals surface area (Å²) in [5.74, 6) is 0. The molecule has 2 aliphatic rings. The van der Waals surface area contributed by atoms with Crippen LogP contribution >= 0.6 is 0 Å². The predicted molar refractivity (Wildman–Crippen MR) is 88.4 cm³/mol. The molecule has 0 aliphatic carbocycles. The largest absolute Gasteiger partial charge is 0.457 e. The summed E-state index contributed by atoms with van der Waals surface area (Å²) < 4.78 is 28.4. The Balaban J connectivity index is 1.71. The van der Waals surface area contributed by atoms with Crippen molar-refractivity contribution in [1.29, 1.82) is 0 Å². The lowest BCUT2D eigenvalue weighted by Gasteiger charge is -2.41. The summed E-state index contributed by atoms with van der Waals surface area (Å²) in [5, 5.41) is 10.1. The second-order valence-corrected chi connectivity index (χ2v) is 6.47. The van der Waals surface area contributed by atoms with Crippen molar-refractivity contribution in [3.63, 3.8) is 0 Å². The lowest BCUT2D eigenvalue weighted by Crippen LogP contribution is -2.57. The summed E-state index contributed by atoms with van der Waals surface area (Å²) in [6, 6.07) is 10.2. The van der Waals surface area contributed by atoms with Gasteiger partial charge < -0.3 is 28.6 Å². The standard InChI is InChI=1S/C17H25BO6/c1-17-13(10-9-12-7-5-4-6-8-12)24-18(19)11-14(17)22-16(23-17)15(20-2)21-3/h4-8,13-16,19H,9-11H2,1-3H3/t13-,14-,16?,17+/m0/s1. The van der Waals surface area contributed by atoms with E-state index in [0.717, 1.165) is 12.8 Å². The zero-order valence-corrected chi connectivity index (χ0v) is 14.4. The maximum Gasteiger partial charge on any atom is 0.457 e. The molecule has 132 valence electrons. The van der Waals surface area contributed by atoms with Gasteiger partial charge in [0, 0.05) is 20.5 Å². The van der Waals surface area contributed by atoms with Gasteiger partial charge in [0.25, 0.3) is 0 Å². The highest BCUT2D eigenvalue weighted by Gasteiger charge is 2.58. The van der Waals surface area contributed by atoms with Crippen molar-refractivity contribution in [3.8, 4) is 0 Å². The molecule has 0 spiro atoms. The van der Waals surface area contributed by atoms with Crippen molar-refractivity contribution in [2.24, 2.45) is 0 Å². The summed E-state index contributed by atoms with van der Waals surface area (Å²) in [4.78, 5) is 0.